The molecule has 0 fully saturated rings. The van der Waals surface area contributed by atoms with Gasteiger partial charge in [-0.25, -0.2) is 0 Å². The molecule has 3 rings (SSSR count). The Morgan fingerprint density at radius 1 is 0.385 bits per heavy atom. The normalized spacial score (nSPS) is 11.6. The van der Waals surface area contributed by atoms with Crippen molar-refractivity contribution in [3.63, 3.8) is 0 Å². The second-order valence-corrected chi connectivity index (χ2v) is 12.0. The van der Waals surface area contributed by atoms with Gasteiger partial charge in [-0.15, -0.1) is 0 Å². The number of unbranched alkanes of at least 4 members (excludes halogenated alkanes) is 15. The molecule has 0 heteroatoms. The van der Waals surface area contributed by atoms with Gasteiger partial charge >= 0.3 is 0 Å². The van der Waals surface area contributed by atoms with Crippen molar-refractivity contribution in [3.8, 4) is 0 Å². The van der Waals surface area contributed by atoms with E-state index in [-0.39, 0.29) is 5.41 Å². The van der Waals surface area contributed by atoms with Crippen LogP contribution in [-0.2, 0) is 18.3 Å². The van der Waals surface area contributed by atoms with Crippen molar-refractivity contribution in [1.29, 1.82) is 0 Å². The van der Waals surface area contributed by atoms with Crippen LogP contribution >= 0.6 is 0 Å². The molecule has 0 radical (unpaired) electrons. The Balaban J connectivity index is 1.42. The van der Waals surface area contributed by atoms with Crippen LogP contribution in [0.5, 0.6) is 0 Å². The largest absolute Gasteiger partial charge is 0.0654 e. The van der Waals surface area contributed by atoms with Gasteiger partial charge in [-0.3, -0.25) is 0 Å². The van der Waals surface area contributed by atoms with Crippen LogP contribution in [0, 0.1) is 0 Å². The highest BCUT2D eigenvalue weighted by molar-refractivity contribution is 5.33. The van der Waals surface area contributed by atoms with Crippen LogP contribution in [0.4, 0.5) is 0 Å². The summed E-state index contributed by atoms with van der Waals surface area (Å²) in [6.45, 7) is 2.30. The van der Waals surface area contributed by atoms with Crippen LogP contribution in [0.1, 0.15) is 133 Å². The van der Waals surface area contributed by atoms with Crippen molar-refractivity contribution in [2.75, 3.05) is 0 Å². The zero-order chi connectivity index (χ0) is 27.3. The molecule has 0 aliphatic carbocycles. The standard InChI is InChI=1S/C39H56/c1-2-3-4-5-6-7-8-9-10-11-12-13-14-15-16-26-33-39(38-31-24-19-25-32-38,34-36-27-20-17-21-28-36)35-37-29-22-18-23-30-37/h17-25,27-32H,2-16,26,33-35H2,1H3. The van der Waals surface area contributed by atoms with E-state index in [9.17, 15) is 0 Å². The van der Waals surface area contributed by atoms with Crippen molar-refractivity contribution >= 4 is 0 Å². The van der Waals surface area contributed by atoms with Crippen molar-refractivity contribution in [3.05, 3.63) is 108 Å². The van der Waals surface area contributed by atoms with E-state index >= 15 is 0 Å². The van der Waals surface area contributed by atoms with E-state index in [2.05, 4.69) is 97.9 Å². The highest BCUT2D eigenvalue weighted by Crippen LogP contribution is 2.38. The molecule has 0 atom stereocenters. The van der Waals surface area contributed by atoms with Crippen molar-refractivity contribution in [2.24, 2.45) is 0 Å². The molecule has 0 aromatic heterocycles. The average molecular weight is 525 g/mol. The molecule has 0 amide bonds. The predicted molar refractivity (Wildman–Crippen MR) is 173 cm³/mol. The van der Waals surface area contributed by atoms with Crippen LogP contribution in [0.2, 0.25) is 0 Å². The Bertz CT molecular complexity index is 902. The summed E-state index contributed by atoms with van der Waals surface area (Å²) in [7, 11) is 0. The third-order valence-corrected chi connectivity index (χ3v) is 8.67. The summed E-state index contributed by atoms with van der Waals surface area (Å²) in [6.07, 6.45) is 26.2. The maximum atomic E-state index is 2.37. The fourth-order valence-corrected chi connectivity index (χ4v) is 6.36. The van der Waals surface area contributed by atoms with E-state index in [0.29, 0.717) is 0 Å². The van der Waals surface area contributed by atoms with Crippen LogP contribution < -0.4 is 0 Å². The number of rotatable bonds is 22. The monoisotopic (exact) mass is 524 g/mol. The van der Waals surface area contributed by atoms with Crippen molar-refractivity contribution in [1.82, 2.24) is 0 Å². The summed E-state index contributed by atoms with van der Waals surface area (Å²) in [5, 5.41) is 0. The van der Waals surface area contributed by atoms with Crippen LogP contribution in [0.25, 0.3) is 0 Å². The minimum atomic E-state index is 0.139. The molecule has 0 spiro atoms. The van der Waals surface area contributed by atoms with Gasteiger partial charge in [0.1, 0.15) is 0 Å². The van der Waals surface area contributed by atoms with Gasteiger partial charge in [0.25, 0.3) is 0 Å². The molecule has 0 bridgehead atoms. The molecular weight excluding hydrogens is 468 g/mol. The molecule has 0 N–H and O–H groups in total. The number of benzene rings is 3. The maximum Gasteiger partial charge on any atom is 0.00336 e. The molecule has 39 heavy (non-hydrogen) atoms. The molecular formula is C39H56. The van der Waals surface area contributed by atoms with Crippen LogP contribution in [0.15, 0.2) is 91.0 Å². The van der Waals surface area contributed by atoms with Crippen LogP contribution in [0.3, 0.4) is 0 Å². The molecule has 0 aliphatic rings. The van der Waals surface area contributed by atoms with Gasteiger partial charge in [-0.1, -0.05) is 201 Å². The Labute approximate surface area is 241 Å². The zero-order valence-corrected chi connectivity index (χ0v) is 25.1. The zero-order valence-electron chi connectivity index (χ0n) is 25.1. The van der Waals surface area contributed by atoms with Gasteiger partial charge < -0.3 is 0 Å². The van der Waals surface area contributed by atoms with Gasteiger partial charge in [0.2, 0.25) is 0 Å². The summed E-state index contributed by atoms with van der Waals surface area (Å²) < 4.78 is 0. The third-order valence-electron chi connectivity index (χ3n) is 8.67. The molecule has 3 aromatic rings. The fourth-order valence-electron chi connectivity index (χ4n) is 6.36. The highest BCUT2D eigenvalue weighted by atomic mass is 14.4. The molecule has 3 aromatic carbocycles. The van der Waals surface area contributed by atoms with Gasteiger partial charge in [0.05, 0.1) is 0 Å². The Morgan fingerprint density at radius 3 is 1.10 bits per heavy atom. The quantitative estimate of drug-likeness (QED) is 0.115. The molecule has 0 heterocycles. The molecule has 0 aliphatic heterocycles. The molecule has 212 valence electrons. The van der Waals surface area contributed by atoms with Gasteiger partial charge in [-0.05, 0) is 36.0 Å². The number of hydrogen-bond donors (Lipinski definition) is 0. The SMILES string of the molecule is CCCCCCCCCCCCCCCCCCC(Cc1ccccc1)(Cc1ccccc1)c1ccccc1. The Hall–Kier alpha value is -2.34. The summed E-state index contributed by atoms with van der Waals surface area (Å²) in [4.78, 5) is 0. The first-order chi connectivity index (χ1) is 19.3. The predicted octanol–water partition coefficient (Wildman–Crippen LogP) is 12.1. The van der Waals surface area contributed by atoms with Gasteiger partial charge in [0.15, 0.2) is 0 Å². The van der Waals surface area contributed by atoms with E-state index in [4.69, 9.17) is 0 Å². The lowest BCUT2D eigenvalue weighted by molar-refractivity contribution is 0.366. The first kappa shape index (κ1) is 31.2. The van der Waals surface area contributed by atoms with E-state index in [0.717, 1.165) is 12.8 Å². The third kappa shape index (κ3) is 12.6. The van der Waals surface area contributed by atoms with E-state index in [1.54, 1.807) is 0 Å². The summed E-state index contributed by atoms with van der Waals surface area (Å²) in [5.41, 5.74) is 4.54. The average Bonchev–Trinajstić information content (AvgIpc) is 2.98. The van der Waals surface area contributed by atoms with Crippen molar-refractivity contribution in [2.45, 2.75) is 134 Å². The fraction of sp³-hybridized carbons (Fsp3) is 0.538. The van der Waals surface area contributed by atoms with Gasteiger partial charge in [0, 0.05) is 5.41 Å². The first-order valence-electron chi connectivity index (χ1n) is 16.5. The molecule has 0 saturated heterocycles. The smallest absolute Gasteiger partial charge is 0.00336 e. The Morgan fingerprint density at radius 2 is 0.718 bits per heavy atom. The lowest BCUT2D eigenvalue weighted by Gasteiger charge is -2.35. The highest BCUT2D eigenvalue weighted by Gasteiger charge is 2.32. The lowest BCUT2D eigenvalue weighted by Crippen LogP contribution is -2.32. The van der Waals surface area contributed by atoms with Gasteiger partial charge in [-0.2, -0.15) is 0 Å². The lowest BCUT2D eigenvalue weighted by atomic mass is 9.68. The maximum absolute atomic E-state index is 2.37. The number of hydrogen-bond acceptors (Lipinski definition) is 0. The minimum absolute atomic E-state index is 0.139. The summed E-state index contributed by atoms with van der Waals surface area (Å²) >= 11 is 0. The Kier molecular flexibility index (Phi) is 15.7. The van der Waals surface area contributed by atoms with Crippen LogP contribution in [-0.4, -0.2) is 0 Å². The summed E-state index contributed by atoms with van der Waals surface area (Å²) in [6, 6.07) is 33.7. The second-order valence-electron chi connectivity index (χ2n) is 12.0. The summed E-state index contributed by atoms with van der Waals surface area (Å²) in [5.74, 6) is 0. The molecule has 0 nitrogen and oxygen atoms in total. The molecule has 0 saturated carbocycles. The first-order valence-corrected chi connectivity index (χ1v) is 16.5. The topological polar surface area (TPSA) is 0 Å². The second kappa shape index (κ2) is 19.7. The molecule has 0 unspecified atom stereocenters. The van der Waals surface area contributed by atoms with Crippen molar-refractivity contribution < 1.29 is 0 Å². The van der Waals surface area contributed by atoms with E-state index in [1.165, 1.54) is 126 Å². The minimum Gasteiger partial charge on any atom is -0.0654 e. The van der Waals surface area contributed by atoms with E-state index in [1.807, 2.05) is 0 Å². The van der Waals surface area contributed by atoms with E-state index < -0.39 is 0 Å².